The van der Waals surface area contributed by atoms with Gasteiger partial charge in [-0.25, -0.2) is 0 Å². The molecule has 3 nitrogen and oxygen atoms in total. The van der Waals surface area contributed by atoms with Crippen LogP contribution < -0.4 is 11.1 Å². The lowest BCUT2D eigenvalue weighted by molar-refractivity contribution is -0.148. The molecule has 0 bridgehead atoms. The highest BCUT2D eigenvalue weighted by molar-refractivity contribution is 8.15. The fraction of sp³-hybridized carbons (Fsp3) is 0.214. The first-order valence-corrected chi connectivity index (χ1v) is 7.14. The van der Waals surface area contributed by atoms with E-state index < -0.39 is 6.30 Å². The van der Waals surface area contributed by atoms with Crippen molar-refractivity contribution in [1.29, 1.82) is 0 Å². The first-order chi connectivity index (χ1) is 9.90. The number of benzene rings is 1. The van der Waals surface area contributed by atoms with E-state index in [1.165, 1.54) is 23.2 Å². The van der Waals surface area contributed by atoms with E-state index in [1.54, 1.807) is 24.3 Å². The van der Waals surface area contributed by atoms with Gasteiger partial charge in [-0.05, 0) is 24.3 Å². The molecule has 1 aliphatic heterocycles. The van der Waals surface area contributed by atoms with E-state index in [-0.39, 0.29) is 17.0 Å². The number of allylic oxidation sites excluding steroid dienone is 1. The normalized spacial score (nSPS) is 24.3. The van der Waals surface area contributed by atoms with Crippen molar-refractivity contribution in [3.63, 3.8) is 0 Å². The minimum absolute atomic E-state index is 0.0602. The van der Waals surface area contributed by atoms with Crippen LogP contribution in [0.25, 0.3) is 0 Å². The standard InChI is InChI=1S/C14H12F3N3S/c15-14(16,17)20-10-5-6-11-12(7-10)21-13(19-11)8-1-3-9(18)4-2-8/h1-7,11-12,20H,18H2. The molecule has 0 saturated heterocycles. The van der Waals surface area contributed by atoms with Crippen molar-refractivity contribution in [1.82, 2.24) is 5.32 Å². The maximum Gasteiger partial charge on any atom is 0.482 e. The number of aliphatic imine (C=N–C) groups is 1. The maximum atomic E-state index is 12.3. The molecule has 1 aromatic carbocycles. The fourth-order valence-electron chi connectivity index (χ4n) is 2.17. The van der Waals surface area contributed by atoms with E-state index >= 15 is 0 Å². The number of halogens is 3. The summed E-state index contributed by atoms with van der Waals surface area (Å²) in [6.07, 6.45) is 0.254. The third kappa shape index (κ3) is 3.24. The average molecular weight is 311 g/mol. The summed E-state index contributed by atoms with van der Waals surface area (Å²) in [5, 5.41) is 2.23. The van der Waals surface area contributed by atoms with Crippen LogP contribution >= 0.6 is 11.8 Å². The van der Waals surface area contributed by atoms with Crippen LogP contribution in [0.4, 0.5) is 18.9 Å². The monoisotopic (exact) mass is 311 g/mol. The summed E-state index contributed by atoms with van der Waals surface area (Å²) in [5.41, 5.74) is 7.29. The molecule has 2 aliphatic rings. The lowest BCUT2D eigenvalue weighted by Crippen LogP contribution is -2.32. The van der Waals surface area contributed by atoms with E-state index in [1.807, 2.05) is 12.1 Å². The quantitative estimate of drug-likeness (QED) is 0.652. The third-order valence-electron chi connectivity index (χ3n) is 3.11. The average Bonchev–Trinajstić information content (AvgIpc) is 2.80. The zero-order chi connectivity index (χ0) is 15.0. The van der Waals surface area contributed by atoms with Gasteiger partial charge in [-0.15, -0.1) is 0 Å². The Morgan fingerprint density at radius 2 is 1.90 bits per heavy atom. The molecule has 7 heteroatoms. The van der Waals surface area contributed by atoms with Gasteiger partial charge in [0.25, 0.3) is 0 Å². The van der Waals surface area contributed by atoms with Crippen LogP contribution in [0.15, 0.2) is 53.2 Å². The first-order valence-electron chi connectivity index (χ1n) is 6.26. The van der Waals surface area contributed by atoms with Crippen LogP contribution in [0.2, 0.25) is 0 Å². The van der Waals surface area contributed by atoms with Gasteiger partial charge >= 0.3 is 6.30 Å². The van der Waals surface area contributed by atoms with Gasteiger partial charge in [0.05, 0.1) is 16.3 Å². The molecule has 3 N–H and O–H groups in total. The molecule has 0 fully saturated rings. The van der Waals surface area contributed by atoms with Crippen molar-refractivity contribution in [2.75, 3.05) is 5.73 Å². The second-order valence-electron chi connectivity index (χ2n) is 4.73. The summed E-state index contributed by atoms with van der Waals surface area (Å²) in [7, 11) is 0. The highest BCUT2D eigenvalue weighted by Gasteiger charge is 2.33. The molecule has 1 aromatic rings. The summed E-state index contributed by atoms with van der Waals surface area (Å²) in [4.78, 5) is 4.54. The van der Waals surface area contributed by atoms with Crippen LogP contribution in [-0.2, 0) is 0 Å². The number of rotatable bonds is 2. The van der Waals surface area contributed by atoms with Gasteiger partial charge in [0.15, 0.2) is 0 Å². The molecule has 0 amide bonds. The molecule has 110 valence electrons. The Hall–Kier alpha value is -1.89. The predicted octanol–water partition coefficient (Wildman–Crippen LogP) is 3.06. The summed E-state index contributed by atoms with van der Waals surface area (Å²) in [6.45, 7) is 0. The molecule has 0 spiro atoms. The van der Waals surface area contributed by atoms with Crippen molar-refractivity contribution in [2.24, 2.45) is 4.99 Å². The highest BCUT2D eigenvalue weighted by Crippen LogP contribution is 2.35. The molecule has 2 unspecified atom stereocenters. The molecule has 1 aliphatic carbocycles. The minimum atomic E-state index is -4.42. The topological polar surface area (TPSA) is 50.4 Å². The van der Waals surface area contributed by atoms with Crippen molar-refractivity contribution in [2.45, 2.75) is 17.6 Å². The van der Waals surface area contributed by atoms with Gasteiger partial charge in [0.2, 0.25) is 0 Å². The number of nitrogen functional groups attached to an aromatic ring is 1. The van der Waals surface area contributed by atoms with Crippen LogP contribution in [0.3, 0.4) is 0 Å². The summed E-state index contributed by atoms with van der Waals surface area (Å²) < 4.78 is 37.0. The number of anilines is 1. The summed E-state index contributed by atoms with van der Waals surface area (Å²) in [6, 6.07) is 7.16. The lowest BCUT2D eigenvalue weighted by atomic mass is 10.1. The van der Waals surface area contributed by atoms with E-state index in [4.69, 9.17) is 5.73 Å². The molecular weight excluding hydrogens is 299 g/mol. The van der Waals surface area contributed by atoms with Gasteiger partial charge < -0.3 is 5.73 Å². The third-order valence-corrected chi connectivity index (χ3v) is 4.36. The highest BCUT2D eigenvalue weighted by atomic mass is 32.2. The number of hydrogen-bond acceptors (Lipinski definition) is 4. The molecule has 0 aromatic heterocycles. The van der Waals surface area contributed by atoms with E-state index in [2.05, 4.69) is 4.99 Å². The number of nitrogens with zero attached hydrogens (tertiary/aromatic N) is 1. The number of fused-ring (bicyclic) bond motifs is 1. The second kappa shape index (κ2) is 5.14. The zero-order valence-corrected chi connectivity index (χ0v) is 11.6. The van der Waals surface area contributed by atoms with Crippen LogP contribution in [0.1, 0.15) is 5.56 Å². The minimum Gasteiger partial charge on any atom is -0.399 e. The number of thioether (sulfide) groups is 1. The van der Waals surface area contributed by atoms with Crippen molar-refractivity contribution in [3.8, 4) is 0 Å². The molecule has 0 radical (unpaired) electrons. The number of nitrogens with one attached hydrogen (secondary N) is 1. The molecule has 21 heavy (non-hydrogen) atoms. The number of hydrogen-bond donors (Lipinski definition) is 2. The molecule has 0 saturated carbocycles. The molecule has 3 rings (SSSR count). The lowest BCUT2D eigenvalue weighted by Gasteiger charge is -2.18. The number of alkyl halides is 3. The molecule has 1 heterocycles. The summed E-state index contributed by atoms with van der Waals surface area (Å²) in [5.74, 6) is 0. The van der Waals surface area contributed by atoms with Gasteiger partial charge in [0, 0.05) is 16.9 Å². The number of nitrogens with two attached hydrogens (primary N) is 1. The SMILES string of the molecule is Nc1ccc(C2=NC3C=CC(NC(F)(F)F)=CC3S2)cc1. The molecule has 2 atom stereocenters. The Kier molecular flexibility index (Phi) is 3.44. The van der Waals surface area contributed by atoms with E-state index in [9.17, 15) is 13.2 Å². The Bertz CT molecular complexity index is 632. The Morgan fingerprint density at radius 1 is 1.19 bits per heavy atom. The van der Waals surface area contributed by atoms with Crippen LogP contribution in [-0.4, -0.2) is 22.6 Å². The Balaban J connectivity index is 1.76. The van der Waals surface area contributed by atoms with E-state index in [0.29, 0.717) is 5.69 Å². The Labute approximate surface area is 123 Å². The van der Waals surface area contributed by atoms with E-state index in [0.717, 1.165) is 10.6 Å². The van der Waals surface area contributed by atoms with Crippen molar-refractivity contribution >= 4 is 22.5 Å². The van der Waals surface area contributed by atoms with Crippen LogP contribution in [0, 0.1) is 0 Å². The van der Waals surface area contributed by atoms with Gasteiger partial charge in [-0.2, -0.15) is 13.2 Å². The van der Waals surface area contributed by atoms with Crippen LogP contribution in [0.5, 0.6) is 0 Å². The largest absolute Gasteiger partial charge is 0.482 e. The van der Waals surface area contributed by atoms with Gasteiger partial charge in [0.1, 0.15) is 0 Å². The summed E-state index contributed by atoms with van der Waals surface area (Å²) >= 11 is 1.46. The smallest absolute Gasteiger partial charge is 0.399 e. The maximum absolute atomic E-state index is 12.3. The van der Waals surface area contributed by atoms with Gasteiger partial charge in [-0.1, -0.05) is 30.0 Å². The predicted molar refractivity (Wildman–Crippen MR) is 79.0 cm³/mol. The van der Waals surface area contributed by atoms with Crippen molar-refractivity contribution < 1.29 is 13.2 Å². The van der Waals surface area contributed by atoms with Crippen molar-refractivity contribution in [3.05, 3.63) is 53.8 Å². The Morgan fingerprint density at radius 3 is 2.57 bits per heavy atom. The first kappa shape index (κ1) is 14.1. The molecular formula is C14H12F3N3S. The second-order valence-corrected chi connectivity index (χ2v) is 5.90. The van der Waals surface area contributed by atoms with Gasteiger partial charge in [-0.3, -0.25) is 10.3 Å². The zero-order valence-electron chi connectivity index (χ0n) is 10.8. The fourth-order valence-corrected chi connectivity index (χ4v) is 3.39.